The van der Waals surface area contributed by atoms with E-state index in [9.17, 15) is 18.0 Å². The van der Waals surface area contributed by atoms with Crippen LogP contribution in [0, 0.1) is 5.92 Å². The molecule has 0 aromatic carbocycles. The number of rotatable bonds is 7. The summed E-state index contributed by atoms with van der Waals surface area (Å²) in [6.45, 7) is 4.17. The molecule has 1 aromatic rings. The van der Waals surface area contributed by atoms with Crippen LogP contribution in [-0.2, 0) is 11.0 Å². The molecular formula is C18H27F3N6O. The maximum Gasteiger partial charge on any atom is 0.433 e. The molecule has 7 nitrogen and oxygen atoms in total. The number of amides is 1. The molecule has 3 heterocycles. The topological polar surface area (TPSA) is 87.4 Å². The van der Waals surface area contributed by atoms with Crippen molar-refractivity contribution in [2.45, 2.75) is 38.3 Å². The lowest BCUT2D eigenvalue weighted by Crippen LogP contribution is -2.41. The summed E-state index contributed by atoms with van der Waals surface area (Å²) in [6.07, 6.45) is -0.151. The highest BCUT2D eigenvalue weighted by Crippen LogP contribution is 2.31. The van der Waals surface area contributed by atoms with E-state index in [1.807, 2.05) is 0 Å². The van der Waals surface area contributed by atoms with Crippen molar-refractivity contribution in [1.82, 2.24) is 14.9 Å². The zero-order chi connectivity index (χ0) is 20.1. The van der Waals surface area contributed by atoms with E-state index in [4.69, 9.17) is 5.73 Å². The summed E-state index contributed by atoms with van der Waals surface area (Å²) in [7, 11) is 0. The molecule has 1 atom stereocenters. The Labute approximate surface area is 162 Å². The summed E-state index contributed by atoms with van der Waals surface area (Å²) in [5, 5.41) is 3.00. The molecule has 2 aliphatic heterocycles. The molecule has 0 bridgehead atoms. The van der Waals surface area contributed by atoms with Gasteiger partial charge in [0, 0.05) is 32.2 Å². The number of carbonyl (C=O) groups is 1. The maximum atomic E-state index is 13.2. The van der Waals surface area contributed by atoms with Crippen LogP contribution in [0.25, 0.3) is 0 Å². The number of nitrogens with zero attached hydrogens (tertiary/aromatic N) is 4. The lowest BCUT2D eigenvalue weighted by atomic mass is 9.97. The van der Waals surface area contributed by atoms with Crippen molar-refractivity contribution in [1.29, 1.82) is 0 Å². The van der Waals surface area contributed by atoms with E-state index in [0.717, 1.165) is 51.3 Å². The van der Waals surface area contributed by atoms with Gasteiger partial charge in [-0.15, -0.1) is 0 Å². The van der Waals surface area contributed by atoms with E-state index in [1.54, 1.807) is 4.90 Å². The zero-order valence-corrected chi connectivity index (χ0v) is 15.8. The highest BCUT2D eigenvalue weighted by Gasteiger charge is 2.34. The molecule has 2 saturated heterocycles. The molecule has 1 unspecified atom stereocenters. The first-order valence-corrected chi connectivity index (χ1v) is 9.79. The Kier molecular flexibility index (Phi) is 6.58. The number of nitrogens with one attached hydrogen (secondary N) is 1. The molecular weight excluding hydrogens is 373 g/mol. The van der Waals surface area contributed by atoms with Gasteiger partial charge in [-0.3, -0.25) is 4.79 Å². The number of likely N-dealkylation sites (tertiary alicyclic amines) is 1. The van der Waals surface area contributed by atoms with E-state index < -0.39 is 11.9 Å². The zero-order valence-electron chi connectivity index (χ0n) is 15.8. The molecule has 2 fully saturated rings. The van der Waals surface area contributed by atoms with E-state index >= 15 is 0 Å². The van der Waals surface area contributed by atoms with Crippen molar-refractivity contribution in [2.75, 3.05) is 49.5 Å². The number of hydrogen-bond donors (Lipinski definition) is 2. The molecule has 10 heteroatoms. The summed E-state index contributed by atoms with van der Waals surface area (Å²) >= 11 is 0. The van der Waals surface area contributed by atoms with E-state index in [0.29, 0.717) is 26.2 Å². The van der Waals surface area contributed by atoms with Gasteiger partial charge in [0.2, 0.25) is 11.9 Å². The van der Waals surface area contributed by atoms with Crippen LogP contribution in [0.1, 0.15) is 37.8 Å². The third-order valence-corrected chi connectivity index (χ3v) is 5.26. The van der Waals surface area contributed by atoms with Crippen LogP contribution in [-0.4, -0.2) is 60.0 Å². The van der Waals surface area contributed by atoms with Crippen molar-refractivity contribution in [3.63, 3.8) is 0 Å². The number of anilines is 2. The number of carbonyl (C=O) groups excluding carboxylic acids is 1. The minimum atomic E-state index is -4.51. The van der Waals surface area contributed by atoms with E-state index in [1.165, 1.54) is 0 Å². The predicted molar refractivity (Wildman–Crippen MR) is 99.9 cm³/mol. The van der Waals surface area contributed by atoms with Crippen LogP contribution < -0.4 is 16.0 Å². The molecule has 3 N–H and O–H groups in total. The van der Waals surface area contributed by atoms with Crippen LogP contribution in [0.2, 0.25) is 0 Å². The number of halogens is 3. The van der Waals surface area contributed by atoms with Crippen molar-refractivity contribution in [3.05, 3.63) is 11.8 Å². The van der Waals surface area contributed by atoms with Crippen LogP contribution >= 0.6 is 0 Å². The number of aromatic nitrogens is 2. The van der Waals surface area contributed by atoms with Gasteiger partial charge in [-0.25, -0.2) is 4.98 Å². The standard InChI is InChI=1S/C18H27F3N6O/c19-18(20,21)14-11-15(25-17(24-14)27-9-1-2-10-27)23-6-4-8-26-7-3-5-13(12-26)16(22)28/h11,13H,1-10,12H2,(H2,22,28)(H,23,24,25). The summed E-state index contributed by atoms with van der Waals surface area (Å²) in [4.78, 5) is 23.3. The minimum Gasteiger partial charge on any atom is -0.370 e. The Balaban J connectivity index is 1.56. The third kappa shape index (κ3) is 5.46. The van der Waals surface area contributed by atoms with Gasteiger partial charge in [0.05, 0.1) is 5.92 Å². The summed E-state index contributed by atoms with van der Waals surface area (Å²) in [5.74, 6) is -0.0492. The van der Waals surface area contributed by atoms with Gasteiger partial charge in [0.1, 0.15) is 5.82 Å². The van der Waals surface area contributed by atoms with E-state index in [-0.39, 0.29) is 23.6 Å². The highest BCUT2D eigenvalue weighted by molar-refractivity contribution is 5.76. The van der Waals surface area contributed by atoms with Crippen LogP contribution in [0.5, 0.6) is 0 Å². The summed E-state index contributed by atoms with van der Waals surface area (Å²) < 4.78 is 39.6. The fraction of sp³-hybridized carbons (Fsp3) is 0.722. The smallest absolute Gasteiger partial charge is 0.370 e. The molecule has 1 aromatic heterocycles. The second-order valence-electron chi connectivity index (χ2n) is 7.45. The highest BCUT2D eigenvalue weighted by atomic mass is 19.4. The monoisotopic (exact) mass is 400 g/mol. The molecule has 156 valence electrons. The Morgan fingerprint density at radius 3 is 2.64 bits per heavy atom. The predicted octanol–water partition coefficient (Wildman–Crippen LogP) is 2.09. The van der Waals surface area contributed by atoms with Gasteiger partial charge in [0.15, 0.2) is 5.69 Å². The molecule has 0 spiro atoms. The van der Waals surface area contributed by atoms with Crippen molar-refractivity contribution in [2.24, 2.45) is 11.7 Å². The maximum absolute atomic E-state index is 13.2. The average Bonchev–Trinajstić information content (AvgIpc) is 3.19. The number of nitrogens with two attached hydrogens (primary N) is 1. The quantitative estimate of drug-likeness (QED) is 0.682. The molecule has 1 amide bonds. The summed E-state index contributed by atoms with van der Waals surface area (Å²) in [6, 6.07) is 0.962. The largest absolute Gasteiger partial charge is 0.433 e. The first-order chi connectivity index (χ1) is 13.3. The second kappa shape index (κ2) is 8.93. The van der Waals surface area contributed by atoms with Crippen molar-refractivity contribution < 1.29 is 18.0 Å². The number of primary amides is 1. The minimum absolute atomic E-state index is 0.110. The molecule has 3 rings (SSSR count). The number of alkyl halides is 3. The third-order valence-electron chi connectivity index (χ3n) is 5.26. The Morgan fingerprint density at radius 2 is 1.96 bits per heavy atom. The molecule has 0 saturated carbocycles. The fourth-order valence-electron chi connectivity index (χ4n) is 3.74. The first kappa shape index (κ1) is 20.6. The summed E-state index contributed by atoms with van der Waals surface area (Å²) in [5.41, 5.74) is 4.46. The Hall–Kier alpha value is -2.10. The van der Waals surface area contributed by atoms with Crippen molar-refractivity contribution in [3.8, 4) is 0 Å². The molecule has 0 radical (unpaired) electrons. The lowest BCUT2D eigenvalue weighted by Gasteiger charge is -2.31. The normalized spacial score (nSPS) is 21.1. The lowest BCUT2D eigenvalue weighted by molar-refractivity contribution is -0.141. The SMILES string of the molecule is NC(=O)C1CCCN(CCCNc2cc(C(F)(F)F)nc(N3CCCC3)n2)C1. The molecule has 2 aliphatic rings. The number of hydrogen-bond acceptors (Lipinski definition) is 6. The second-order valence-corrected chi connectivity index (χ2v) is 7.45. The Morgan fingerprint density at radius 1 is 1.21 bits per heavy atom. The van der Waals surface area contributed by atoms with Crippen LogP contribution in [0.15, 0.2) is 6.07 Å². The fourth-order valence-corrected chi connectivity index (χ4v) is 3.74. The van der Waals surface area contributed by atoms with Crippen LogP contribution in [0.3, 0.4) is 0 Å². The molecule has 28 heavy (non-hydrogen) atoms. The van der Waals surface area contributed by atoms with Crippen molar-refractivity contribution >= 4 is 17.7 Å². The van der Waals surface area contributed by atoms with Gasteiger partial charge in [0.25, 0.3) is 0 Å². The van der Waals surface area contributed by atoms with Gasteiger partial charge in [-0.1, -0.05) is 0 Å². The van der Waals surface area contributed by atoms with Gasteiger partial charge in [-0.2, -0.15) is 18.2 Å². The Bertz CT molecular complexity index is 678. The van der Waals surface area contributed by atoms with E-state index in [2.05, 4.69) is 20.2 Å². The average molecular weight is 400 g/mol. The van der Waals surface area contributed by atoms with Gasteiger partial charge in [-0.05, 0) is 45.2 Å². The number of piperidine rings is 1. The van der Waals surface area contributed by atoms with Gasteiger partial charge >= 0.3 is 6.18 Å². The van der Waals surface area contributed by atoms with Gasteiger partial charge < -0.3 is 20.9 Å². The van der Waals surface area contributed by atoms with Crippen LogP contribution in [0.4, 0.5) is 24.9 Å². The molecule has 0 aliphatic carbocycles. The first-order valence-electron chi connectivity index (χ1n) is 9.79.